The molecule has 2 heterocycles. The first kappa shape index (κ1) is 21.5. The smallest absolute Gasteiger partial charge is 0.310 e. The predicted molar refractivity (Wildman–Crippen MR) is 122 cm³/mol. The minimum Gasteiger partial charge on any atom is -0.466 e. The largest absolute Gasteiger partial charge is 0.466 e. The fourth-order valence-corrected chi connectivity index (χ4v) is 4.30. The van der Waals surface area contributed by atoms with E-state index in [4.69, 9.17) is 16.3 Å². The Balaban J connectivity index is 1.58. The number of halogens is 1. The molecule has 0 aromatic heterocycles. The van der Waals surface area contributed by atoms with Crippen LogP contribution < -0.4 is 4.90 Å². The fourth-order valence-electron chi connectivity index (χ4n) is 4.13. The first-order valence-corrected chi connectivity index (χ1v) is 11.0. The zero-order valence-electron chi connectivity index (χ0n) is 17.8. The summed E-state index contributed by atoms with van der Waals surface area (Å²) in [5.74, 6) is -0.445. The third kappa shape index (κ3) is 4.50. The van der Waals surface area contributed by atoms with Crippen LogP contribution in [0.25, 0.3) is 0 Å². The second-order valence-corrected chi connectivity index (χ2v) is 8.36. The lowest BCUT2D eigenvalue weighted by Crippen LogP contribution is -2.47. The molecule has 1 amide bonds. The number of anilines is 1. The van der Waals surface area contributed by atoms with Crippen LogP contribution in [0.1, 0.15) is 30.9 Å². The third-order valence-corrected chi connectivity index (χ3v) is 6.17. The number of aliphatic imine (C=N–C) groups is 1. The van der Waals surface area contributed by atoms with E-state index in [-0.39, 0.29) is 17.8 Å². The minimum atomic E-state index is -0.154. The highest BCUT2D eigenvalue weighted by Gasteiger charge is 2.36. The molecule has 2 aliphatic rings. The standard InChI is InChI=1S/C24H26ClN3O3/c1-3-31-24(30)17-7-6-12-27(14-17)15-28-21-9-5-4-8-19(21)22(23(28)29)26-18-11-10-16(2)20(25)13-18/h4-5,8-11,13,17H,3,6-7,12,14-15H2,1-2H3. The van der Waals surface area contributed by atoms with Gasteiger partial charge in [-0.25, -0.2) is 4.99 Å². The van der Waals surface area contributed by atoms with E-state index in [9.17, 15) is 9.59 Å². The van der Waals surface area contributed by atoms with Crippen molar-refractivity contribution in [2.45, 2.75) is 26.7 Å². The lowest BCUT2D eigenvalue weighted by Gasteiger charge is -2.34. The number of para-hydroxylation sites is 1. The summed E-state index contributed by atoms with van der Waals surface area (Å²) in [5, 5.41) is 0.621. The molecule has 1 saturated heterocycles. The average Bonchev–Trinajstić information content (AvgIpc) is 3.03. The molecule has 1 atom stereocenters. The van der Waals surface area contributed by atoms with Gasteiger partial charge in [0.15, 0.2) is 0 Å². The maximum Gasteiger partial charge on any atom is 0.310 e. The van der Waals surface area contributed by atoms with Crippen molar-refractivity contribution < 1.29 is 14.3 Å². The van der Waals surface area contributed by atoms with Gasteiger partial charge in [-0.15, -0.1) is 0 Å². The Hall–Kier alpha value is -2.70. The molecule has 2 aliphatic heterocycles. The Morgan fingerprint density at radius 2 is 2.06 bits per heavy atom. The fraction of sp³-hybridized carbons (Fsp3) is 0.375. The lowest BCUT2D eigenvalue weighted by atomic mass is 9.98. The van der Waals surface area contributed by atoms with E-state index >= 15 is 0 Å². The molecule has 1 unspecified atom stereocenters. The van der Waals surface area contributed by atoms with Crippen LogP contribution in [-0.4, -0.2) is 48.9 Å². The molecular formula is C24H26ClN3O3. The van der Waals surface area contributed by atoms with Crippen LogP contribution in [0.5, 0.6) is 0 Å². The van der Waals surface area contributed by atoms with Crippen LogP contribution >= 0.6 is 11.6 Å². The quantitative estimate of drug-likeness (QED) is 0.650. The van der Waals surface area contributed by atoms with Gasteiger partial charge in [0, 0.05) is 17.1 Å². The molecule has 0 bridgehead atoms. The van der Waals surface area contributed by atoms with Gasteiger partial charge in [-0.1, -0.05) is 35.9 Å². The van der Waals surface area contributed by atoms with E-state index in [0.29, 0.717) is 36.2 Å². The van der Waals surface area contributed by atoms with Gasteiger partial charge in [-0.05, 0) is 57.0 Å². The van der Waals surface area contributed by atoms with Gasteiger partial charge in [-0.2, -0.15) is 0 Å². The van der Waals surface area contributed by atoms with Gasteiger partial charge in [0.25, 0.3) is 5.91 Å². The van der Waals surface area contributed by atoms with Gasteiger partial charge in [0.05, 0.1) is 30.6 Å². The maximum atomic E-state index is 13.4. The molecule has 4 rings (SSSR count). The summed E-state index contributed by atoms with van der Waals surface area (Å²) in [6.45, 7) is 5.97. The number of hydrogen-bond donors (Lipinski definition) is 0. The first-order chi connectivity index (χ1) is 15.0. The van der Waals surface area contributed by atoms with Crippen LogP contribution in [-0.2, 0) is 14.3 Å². The maximum absolute atomic E-state index is 13.4. The number of ether oxygens (including phenoxy) is 1. The van der Waals surface area contributed by atoms with Crippen molar-refractivity contribution in [1.29, 1.82) is 0 Å². The number of hydrogen-bond acceptors (Lipinski definition) is 5. The van der Waals surface area contributed by atoms with Crippen molar-refractivity contribution in [3.8, 4) is 0 Å². The predicted octanol–water partition coefficient (Wildman–Crippen LogP) is 4.35. The molecule has 2 aromatic rings. The highest BCUT2D eigenvalue weighted by atomic mass is 35.5. The molecule has 162 valence electrons. The molecule has 31 heavy (non-hydrogen) atoms. The average molecular weight is 440 g/mol. The second kappa shape index (κ2) is 9.20. The number of carbonyl (C=O) groups excluding carboxylic acids is 2. The van der Waals surface area contributed by atoms with Gasteiger partial charge in [-0.3, -0.25) is 19.4 Å². The van der Waals surface area contributed by atoms with Crippen molar-refractivity contribution in [2.24, 2.45) is 10.9 Å². The number of aryl methyl sites for hydroxylation is 1. The number of carbonyl (C=O) groups is 2. The summed E-state index contributed by atoms with van der Waals surface area (Å²) in [5.41, 5.74) is 3.67. The topological polar surface area (TPSA) is 62.2 Å². The second-order valence-electron chi connectivity index (χ2n) is 7.95. The molecule has 0 spiro atoms. The zero-order chi connectivity index (χ0) is 22.0. The van der Waals surface area contributed by atoms with Crippen LogP contribution in [0.15, 0.2) is 47.5 Å². The molecule has 2 aromatic carbocycles. The number of nitrogens with zero attached hydrogens (tertiary/aromatic N) is 3. The normalized spacial score (nSPS) is 20.2. The van der Waals surface area contributed by atoms with Crippen molar-refractivity contribution in [2.75, 3.05) is 31.3 Å². The summed E-state index contributed by atoms with van der Waals surface area (Å²) in [7, 11) is 0. The van der Waals surface area contributed by atoms with Crippen molar-refractivity contribution in [3.05, 3.63) is 58.6 Å². The number of likely N-dealkylation sites (tertiary alicyclic amines) is 1. The molecule has 0 saturated carbocycles. The zero-order valence-corrected chi connectivity index (χ0v) is 18.6. The number of amides is 1. The van der Waals surface area contributed by atoms with Gasteiger partial charge in [0.2, 0.25) is 0 Å². The van der Waals surface area contributed by atoms with E-state index in [1.54, 1.807) is 11.0 Å². The van der Waals surface area contributed by atoms with Crippen LogP contribution in [0.4, 0.5) is 11.4 Å². The Bertz CT molecular complexity index is 1040. The first-order valence-electron chi connectivity index (χ1n) is 10.6. The van der Waals surface area contributed by atoms with Gasteiger partial charge < -0.3 is 4.74 Å². The van der Waals surface area contributed by atoms with Crippen molar-refractivity contribution in [3.63, 3.8) is 0 Å². The van der Waals surface area contributed by atoms with Gasteiger partial charge >= 0.3 is 5.97 Å². The third-order valence-electron chi connectivity index (χ3n) is 5.76. The van der Waals surface area contributed by atoms with E-state index in [1.807, 2.05) is 50.2 Å². The minimum absolute atomic E-state index is 0.142. The van der Waals surface area contributed by atoms with E-state index < -0.39 is 0 Å². The Morgan fingerprint density at radius 1 is 1.26 bits per heavy atom. The van der Waals surface area contributed by atoms with Crippen LogP contribution in [0.2, 0.25) is 5.02 Å². The molecule has 6 nitrogen and oxygen atoms in total. The SMILES string of the molecule is CCOC(=O)C1CCCN(CN2C(=O)C(=Nc3ccc(C)c(Cl)c3)c3ccccc32)C1. The number of rotatable bonds is 5. The Kier molecular flexibility index (Phi) is 6.39. The highest BCUT2D eigenvalue weighted by Crippen LogP contribution is 2.32. The number of benzene rings is 2. The van der Waals surface area contributed by atoms with E-state index in [2.05, 4.69) is 9.89 Å². The van der Waals surface area contributed by atoms with Crippen LogP contribution in [0, 0.1) is 12.8 Å². The highest BCUT2D eigenvalue weighted by molar-refractivity contribution is 6.54. The number of esters is 1. The summed E-state index contributed by atoms with van der Waals surface area (Å²) >= 11 is 6.25. The summed E-state index contributed by atoms with van der Waals surface area (Å²) in [6.07, 6.45) is 1.72. The molecule has 1 fully saturated rings. The molecular weight excluding hydrogens is 414 g/mol. The molecule has 7 heteroatoms. The van der Waals surface area contributed by atoms with Crippen LogP contribution in [0.3, 0.4) is 0 Å². The monoisotopic (exact) mass is 439 g/mol. The van der Waals surface area contributed by atoms with Crippen molar-refractivity contribution in [1.82, 2.24) is 4.90 Å². The van der Waals surface area contributed by atoms with E-state index in [0.717, 1.165) is 36.2 Å². The summed E-state index contributed by atoms with van der Waals surface area (Å²) in [4.78, 5) is 34.1. The molecule has 0 aliphatic carbocycles. The summed E-state index contributed by atoms with van der Waals surface area (Å²) < 4.78 is 5.20. The number of fused-ring (bicyclic) bond motifs is 1. The Labute approximate surface area is 187 Å². The molecule has 0 radical (unpaired) electrons. The summed E-state index contributed by atoms with van der Waals surface area (Å²) in [6, 6.07) is 13.2. The Morgan fingerprint density at radius 3 is 2.84 bits per heavy atom. The lowest BCUT2D eigenvalue weighted by molar-refractivity contribution is -0.149. The van der Waals surface area contributed by atoms with Gasteiger partial charge in [0.1, 0.15) is 5.71 Å². The van der Waals surface area contributed by atoms with E-state index in [1.165, 1.54) is 0 Å². The number of piperidine rings is 1. The van der Waals surface area contributed by atoms with Crippen molar-refractivity contribution >= 4 is 40.6 Å². The molecule has 0 N–H and O–H groups in total.